The van der Waals surface area contributed by atoms with Crippen molar-refractivity contribution in [1.29, 1.82) is 0 Å². The molecule has 5 nitrogen and oxygen atoms in total. The Morgan fingerprint density at radius 3 is 2.69 bits per heavy atom. The molecule has 2 heterocycles. The summed E-state index contributed by atoms with van der Waals surface area (Å²) in [5.41, 5.74) is 1.54. The predicted molar refractivity (Wildman–Crippen MR) is 98.6 cm³/mol. The van der Waals surface area contributed by atoms with E-state index < -0.39 is 6.04 Å². The van der Waals surface area contributed by atoms with Crippen LogP contribution in [0.25, 0.3) is 11.0 Å². The normalized spacial score (nSPS) is 16.2. The predicted octanol–water partition coefficient (Wildman–Crippen LogP) is 3.76. The zero-order valence-corrected chi connectivity index (χ0v) is 14.7. The molecule has 1 atom stereocenters. The van der Waals surface area contributed by atoms with Gasteiger partial charge in [0.2, 0.25) is 5.76 Å². The van der Waals surface area contributed by atoms with E-state index in [-0.39, 0.29) is 17.1 Å². The van der Waals surface area contributed by atoms with Gasteiger partial charge in [0, 0.05) is 6.54 Å². The van der Waals surface area contributed by atoms with Gasteiger partial charge in [-0.3, -0.25) is 9.59 Å². The summed E-state index contributed by atoms with van der Waals surface area (Å²) < 4.78 is 11.2. The van der Waals surface area contributed by atoms with E-state index >= 15 is 0 Å². The van der Waals surface area contributed by atoms with E-state index in [2.05, 4.69) is 0 Å². The van der Waals surface area contributed by atoms with Crippen molar-refractivity contribution < 1.29 is 13.9 Å². The molecule has 0 aliphatic carbocycles. The van der Waals surface area contributed by atoms with Crippen LogP contribution in [0, 0.1) is 0 Å². The third-order valence-corrected chi connectivity index (χ3v) is 4.75. The molecular formula is C21H19NO4. The maximum Gasteiger partial charge on any atom is 0.290 e. The largest absolute Gasteiger partial charge is 0.497 e. The molecule has 26 heavy (non-hydrogen) atoms. The lowest BCUT2D eigenvalue weighted by Crippen LogP contribution is -2.30. The molecule has 2 aromatic carbocycles. The molecule has 1 unspecified atom stereocenters. The van der Waals surface area contributed by atoms with Crippen molar-refractivity contribution in [2.24, 2.45) is 0 Å². The van der Waals surface area contributed by atoms with Gasteiger partial charge in [0.15, 0.2) is 5.43 Å². The van der Waals surface area contributed by atoms with Crippen LogP contribution in [0.4, 0.5) is 0 Å². The Morgan fingerprint density at radius 1 is 1.12 bits per heavy atom. The van der Waals surface area contributed by atoms with E-state index in [1.54, 1.807) is 36.3 Å². The number of para-hydroxylation sites is 1. The molecule has 5 heteroatoms. The molecule has 0 fully saturated rings. The zero-order chi connectivity index (χ0) is 18.3. The number of ether oxygens (including phenoxy) is 1. The molecule has 1 amide bonds. The second-order valence-electron chi connectivity index (χ2n) is 6.35. The number of rotatable bonds is 4. The van der Waals surface area contributed by atoms with Crippen molar-refractivity contribution in [2.45, 2.75) is 19.4 Å². The van der Waals surface area contributed by atoms with Crippen molar-refractivity contribution in [3.63, 3.8) is 0 Å². The third-order valence-electron chi connectivity index (χ3n) is 4.75. The lowest BCUT2D eigenvalue weighted by atomic mass is 9.98. The van der Waals surface area contributed by atoms with Crippen molar-refractivity contribution in [3.05, 3.63) is 75.6 Å². The van der Waals surface area contributed by atoms with Gasteiger partial charge in [0.05, 0.1) is 24.1 Å². The van der Waals surface area contributed by atoms with Crippen LogP contribution in [0.15, 0.2) is 57.7 Å². The highest BCUT2D eigenvalue weighted by atomic mass is 16.5. The molecule has 132 valence electrons. The highest BCUT2D eigenvalue weighted by Gasteiger charge is 2.42. The number of carbonyl (C=O) groups excluding carboxylic acids is 1. The summed E-state index contributed by atoms with van der Waals surface area (Å²) >= 11 is 0. The van der Waals surface area contributed by atoms with Crippen LogP contribution >= 0.6 is 0 Å². The topological polar surface area (TPSA) is 59.8 Å². The standard InChI is InChI=1S/C21H19NO4/c1-3-11-22-18(13-7-6-8-14(12-13)25-2)17-19(23)15-9-4-5-10-16(15)26-20(17)21(22)24/h4-10,12,18H,3,11H2,1-2H3. The Balaban J connectivity index is 2.00. The number of methoxy groups -OCH3 is 1. The molecule has 0 bridgehead atoms. The van der Waals surface area contributed by atoms with Gasteiger partial charge in [-0.25, -0.2) is 0 Å². The van der Waals surface area contributed by atoms with Crippen molar-refractivity contribution >= 4 is 16.9 Å². The minimum atomic E-state index is -0.464. The van der Waals surface area contributed by atoms with Gasteiger partial charge in [-0.05, 0) is 36.2 Å². The fourth-order valence-corrected chi connectivity index (χ4v) is 3.60. The molecule has 0 radical (unpaired) electrons. The molecule has 3 aromatic rings. The summed E-state index contributed by atoms with van der Waals surface area (Å²) in [5.74, 6) is 0.595. The first-order valence-corrected chi connectivity index (χ1v) is 8.66. The van der Waals surface area contributed by atoms with Gasteiger partial charge < -0.3 is 14.1 Å². The number of carbonyl (C=O) groups is 1. The van der Waals surface area contributed by atoms with Crippen LogP contribution in [0.2, 0.25) is 0 Å². The molecule has 0 saturated carbocycles. The van der Waals surface area contributed by atoms with E-state index in [1.807, 2.05) is 31.2 Å². The lowest BCUT2D eigenvalue weighted by molar-refractivity contribution is 0.0728. The van der Waals surface area contributed by atoms with Crippen molar-refractivity contribution in [2.75, 3.05) is 13.7 Å². The van der Waals surface area contributed by atoms with Crippen LogP contribution < -0.4 is 10.2 Å². The van der Waals surface area contributed by atoms with E-state index in [4.69, 9.17) is 9.15 Å². The minimum Gasteiger partial charge on any atom is -0.497 e. The third kappa shape index (κ3) is 2.39. The van der Waals surface area contributed by atoms with Crippen LogP contribution in [0.3, 0.4) is 0 Å². The summed E-state index contributed by atoms with van der Waals surface area (Å²) in [6.45, 7) is 2.55. The van der Waals surface area contributed by atoms with Crippen LogP contribution in [-0.4, -0.2) is 24.5 Å². The van der Waals surface area contributed by atoms with Crippen LogP contribution in [0.1, 0.15) is 41.1 Å². The molecule has 0 N–H and O–H groups in total. The number of amides is 1. The Morgan fingerprint density at radius 2 is 1.92 bits per heavy atom. The Kier molecular flexibility index (Phi) is 3.99. The molecular weight excluding hydrogens is 330 g/mol. The van der Waals surface area contributed by atoms with Gasteiger partial charge >= 0.3 is 0 Å². The summed E-state index contributed by atoms with van der Waals surface area (Å²) in [5, 5.41) is 0.491. The van der Waals surface area contributed by atoms with E-state index in [0.717, 1.165) is 12.0 Å². The fraction of sp³-hybridized carbons (Fsp3) is 0.238. The monoisotopic (exact) mass is 349 g/mol. The van der Waals surface area contributed by atoms with E-state index in [1.165, 1.54) is 0 Å². The van der Waals surface area contributed by atoms with Crippen molar-refractivity contribution in [3.8, 4) is 5.75 Å². The fourth-order valence-electron chi connectivity index (χ4n) is 3.60. The highest BCUT2D eigenvalue weighted by molar-refractivity contribution is 5.99. The number of hydrogen-bond donors (Lipinski definition) is 0. The molecule has 1 aromatic heterocycles. The Hall–Kier alpha value is -3.08. The van der Waals surface area contributed by atoms with Crippen LogP contribution in [-0.2, 0) is 0 Å². The van der Waals surface area contributed by atoms with E-state index in [0.29, 0.717) is 28.8 Å². The summed E-state index contributed by atoms with van der Waals surface area (Å²) in [6.07, 6.45) is 0.786. The van der Waals surface area contributed by atoms with Gasteiger partial charge in [-0.15, -0.1) is 0 Å². The van der Waals surface area contributed by atoms with Crippen molar-refractivity contribution in [1.82, 2.24) is 4.90 Å². The first kappa shape index (κ1) is 16.4. The average molecular weight is 349 g/mol. The molecule has 1 aliphatic rings. The first-order chi connectivity index (χ1) is 12.7. The second kappa shape index (κ2) is 6.33. The number of nitrogens with zero attached hydrogens (tertiary/aromatic N) is 1. The van der Waals surface area contributed by atoms with Gasteiger partial charge in [-0.1, -0.05) is 31.2 Å². The smallest absolute Gasteiger partial charge is 0.290 e. The van der Waals surface area contributed by atoms with Gasteiger partial charge in [0.25, 0.3) is 5.91 Å². The quantitative estimate of drug-likeness (QED) is 0.720. The maximum absolute atomic E-state index is 13.2. The average Bonchev–Trinajstić information content (AvgIpc) is 2.95. The van der Waals surface area contributed by atoms with E-state index in [9.17, 15) is 9.59 Å². The second-order valence-corrected chi connectivity index (χ2v) is 6.35. The number of benzene rings is 2. The van der Waals surface area contributed by atoms with Gasteiger partial charge in [-0.2, -0.15) is 0 Å². The summed E-state index contributed by atoms with van der Waals surface area (Å²) in [7, 11) is 1.60. The zero-order valence-electron chi connectivity index (χ0n) is 14.7. The maximum atomic E-state index is 13.2. The number of hydrogen-bond acceptors (Lipinski definition) is 4. The highest BCUT2D eigenvalue weighted by Crippen LogP contribution is 2.38. The molecule has 0 saturated heterocycles. The first-order valence-electron chi connectivity index (χ1n) is 8.66. The SMILES string of the molecule is CCCN1C(=O)c2oc3ccccc3c(=O)c2C1c1cccc(OC)c1. The summed E-state index contributed by atoms with van der Waals surface area (Å²) in [4.78, 5) is 27.9. The Labute approximate surface area is 150 Å². The molecule has 1 aliphatic heterocycles. The lowest BCUT2D eigenvalue weighted by Gasteiger charge is -2.24. The molecule has 0 spiro atoms. The molecule has 4 rings (SSSR count). The number of fused-ring (bicyclic) bond motifs is 2. The minimum absolute atomic E-state index is 0.148. The van der Waals surface area contributed by atoms with Crippen LogP contribution in [0.5, 0.6) is 5.75 Å². The van der Waals surface area contributed by atoms with Gasteiger partial charge in [0.1, 0.15) is 11.3 Å². The summed E-state index contributed by atoms with van der Waals surface area (Å²) in [6, 6.07) is 14.1. The Bertz CT molecular complexity index is 1050.